The van der Waals surface area contributed by atoms with E-state index in [9.17, 15) is 9.59 Å². The molecule has 2 rings (SSSR count). The number of nitrogens with zero attached hydrogens (tertiary/aromatic N) is 2. The lowest BCUT2D eigenvalue weighted by Crippen LogP contribution is -2.49. The number of aliphatic imine (C=N–C) groups is 1. The number of hydrogen-bond acceptors (Lipinski definition) is 4. The van der Waals surface area contributed by atoms with Crippen molar-refractivity contribution in [1.82, 2.24) is 10.2 Å². The van der Waals surface area contributed by atoms with Gasteiger partial charge in [0.15, 0.2) is 5.17 Å². The molecule has 6 heteroatoms. The lowest BCUT2D eigenvalue weighted by molar-refractivity contribution is -0.147. The zero-order chi connectivity index (χ0) is 12.3. The maximum Gasteiger partial charge on any atom is 0.315 e. The molecule has 2 heterocycles. The molecule has 94 valence electrons. The number of carbonyl (C=O) groups excluding carboxylic acids is 2. The minimum Gasteiger partial charge on any atom is -0.332 e. The Bertz CT molecular complexity index is 357. The van der Waals surface area contributed by atoms with Crippen molar-refractivity contribution in [2.75, 3.05) is 18.8 Å². The number of thioether (sulfide) groups is 1. The molecule has 1 atom stereocenters. The number of amidine groups is 1. The van der Waals surface area contributed by atoms with Crippen molar-refractivity contribution in [3.05, 3.63) is 0 Å². The number of piperidine rings is 1. The normalized spacial score (nSPS) is 24.4. The predicted molar refractivity (Wildman–Crippen MR) is 67.9 cm³/mol. The average Bonchev–Trinajstić information content (AvgIpc) is 2.81. The van der Waals surface area contributed by atoms with Crippen LogP contribution in [0.5, 0.6) is 0 Å². The summed E-state index contributed by atoms with van der Waals surface area (Å²) in [7, 11) is 0. The van der Waals surface area contributed by atoms with Gasteiger partial charge >= 0.3 is 11.8 Å². The van der Waals surface area contributed by atoms with E-state index >= 15 is 0 Å². The molecular weight excluding hydrogens is 238 g/mol. The van der Waals surface area contributed by atoms with Crippen LogP contribution in [0.4, 0.5) is 0 Å². The van der Waals surface area contributed by atoms with Crippen molar-refractivity contribution < 1.29 is 9.59 Å². The van der Waals surface area contributed by atoms with Gasteiger partial charge in [0.05, 0.1) is 6.54 Å². The van der Waals surface area contributed by atoms with Crippen LogP contribution in [0.2, 0.25) is 0 Å². The summed E-state index contributed by atoms with van der Waals surface area (Å²) >= 11 is 1.48. The van der Waals surface area contributed by atoms with Crippen LogP contribution >= 0.6 is 11.8 Å². The maximum absolute atomic E-state index is 11.9. The quantitative estimate of drug-likeness (QED) is 0.645. The van der Waals surface area contributed by atoms with Gasteiger partial charge in [-0.05, 0) is 26.2 Å². The Morgan fingerprint density at radius 1 is 1.47 bits per heavy atom. The van der Waals surface area contributed by atoms with Crippen molar-refractivity contribution in [3.63, 3.8) is 0 Å². The van der Waals surface area contributed by atoms with E-state index in [1.54, 1.807) is 4.90 Å². The number of hydrogen-bond donors (Lipinski definition) is 1. The highest BCUT2D eigenvalue weighted by Gasteiger charge is 2.28. The first-order chi connectivity index (χ1) is 8.18. The molecule has 0 aromatic heterocycles. The van der Waals surface area contributed by atoms with Gasteiger partial charge in [-0.3, -0.25) is 19.9 Å². The molecule has 0 saturated carbocycles. The lowest BCUT2D eigenvalue weighted by atomic mass is 10.0. The van der Waals surface area contributed by atoms with Crippen molar-refractivity contribution in [2.24, 2.45) is 4.99 Å². The number of likely N-dealkylation sites (tertiary alicyclic amines) is 1. The van der Waals surface area contributed by atoms with Gasteiger partial charge in [-0.1, -0.05) is 11.8 Å². The number of rotatable bonds is 0. The van der Waals surface area contributed by atoms with Crippen molar-refractivity contribution in [1.29, 1.82) is 0 Å². The molecule has 2 amide bonds. The highest BCUT2D eigenvalue weighted by molar-refractivity contribution is 8.14. The Morgan fingerprint density at radius 2 is 2.29 bits per heavy atom. The highest BCUT2D eigenvalue weighted by Crippen LogP contribution is 2.16. The fourth-order valence-electron chi connectivity index (χ4n) is 2.09. The van der Waals surface area contributed by atoms with Gasteiger partial charge < -0.3 is 4.90 Å². The second-order valence-electron chi connectivity index (χ2n) is 4.33. The molecule has 0 radical (unpaired) electrons. The summed E-state index contributed by atoms with van der Waals surface area (Å²) in [6, 6.07) is 0.167. The van der Waals surface area contributed by atoms with Gasteiger partial charge in [-0.25, -0.2) is 0 Å². The molecule has 1 unspecified atom stereocenters. The van der Waals surface area contributed by atoms with E-state index in [2.05, 4.69) is 10.3 Å². The standard InChI is InChI=1S/C11H17N3O2S/c1-8-4-2-3-6-14(8)10(16)9(15)13-11-12-5-7-17-11/h8H,2-7H2,1H3,(H,12,13,15). The molecule has 0 aliphatic carbocycles. The summed E-state index contributed by atoms with van der Waals surface area (Å²) < 4.78 is 0. The SMILES string of the molecule is CC1CCCCN1C(=O)C(=O)NC1=NCCS1. The Hall–Kier alpha value is -1.04. The van der Waals surface area contributed by atoms with Crippen LogP contribution in [0.3, 0.4) is 0 Å². The average molecular weight is 255 g/mol. The molecule has 0 aromatic rings. The van der Waals surface area contributed by atoms with E-state index in [1.165, 1.54) is 11.8 Å². The zero-order valence-corrected chi connectivity index (χ0v) is 10.8. The summed E-state index contributed by atoms with van der Waals surface area (Å²) in [4.78, 5) is 29.5. The lowest BCUT2D eigenvalue weighted by Gasteiger charge is -2.32. The smallest absolute Gasteiger partial charge is 0.315 e. The van der Waals surface area contributed by atoms with Gasteiger partial charge in [-0.2, -0.15) is 0 Å². The van der Waals surface area contributed by atoms with E-state index in [0.29, 0.717) is 18.3 Å². The van der Waals surface area contributed by atoms with Crippen LogP contribution in [0, 0.1) is 0 Å². The first-order valence-corrected chi connectivity index (χ1v) is 6.96. The Kier molecular flexibility index (Phi) is 4.04. The van der Waals surface area contributed by atoms with Crippen LogP contribution in [-0.4, -0.2) is 46.8 Å². The van der Waals surface area contributed by atoms with Crippen molar-refractivity contribution in [3.8, 4) is 0 Å². The van der Waals surface area contributed by atoms with Crippen molar-refractivity contribution in [2.45, 2.75) is 32.2 Å². The van der Waals surface area contributed by atoms with Crippen molar-refractivity contribution >= 4 is 28.7 Å². The number of carbonyl (C=O) groups is 2. The molecule has 2 aliphatic heterocycles. The minimum absolute atomic E-state index is 0.167. The number of amides is 2. The van der Waals surface area contributed by atoms with E-state index in [1.807, 2.05) is 6.92 Å². The molecule has 5 nitrogen and oxygen atoms in total. The van der Waals surface area contributed by atoms with E-state index in [0.717, 1.165) is 25.0 Å². The van der Waals surface area contributed by atoms with Crippen LogP contribution in [0.25, 0.3) is 0 Å². The molecule has 0 aromatic carbocycles. The Balaban J connectivity index is 1.91. The molecule has 0 spiro atoms. The van der Waals surface area contributed by atoms with Gasteiger partial charge in [-0.15, -0.1) is 0 Å². The minimum atomic E-state index is -0.549. The second kappa shape index (κ2) is 5.53. The predicted octanol–water partition coefficient (Wildman–Crippen LogP) is 0.606. The van der Waals surface area contributed by atoms with Gasteiger partial charge in [0.2, 0.25) is 0 Å². The van der Waals surface area contributed by atoms with Crippen LogP contribution in [0.1, 0.15) is 26.2 Å². The first-order valence-electron chi connectivity index (χ1n) is 5.97. The van der Waals surface area contributed by atoms with Gasteiger partial charge in [0.25, 0.3) is 0 Å². The van der Waals surface area contributed by atoms with Gasteiger partial charge in [0, 0.05) is 18.3 Å². The maximum atomic E-state index is 11.9. The molecule has 0 bridgehead atoms. The number of nitrogens with one attached hydrogen (secondary N) is 1. The van der Waals surface area contributed by atoms with E-state index in [-0.39, 0.29) is 6.04 Å². The largest absolute Gasteiger partial charge is 0.332 e. The first kappa shape index (κ1) is 12.4. The molecular formula is C11H17N3O2S. The van der Waals surface area contributed by atoms with Crippen LogP contribution in [-0.2, 0) is 9.59 Å². The summed E-state index contributed by atoms with van der Waals surface area (Å²) in [5, 5.41) is 3.16. The summed E-state index contributed by atoms with van der Waals surface area (Å²) in [6.45, 7) is 3.40. The topological polar surface area (TPSA) is 61.8 Å². The monoisotopic (exact) mass is 255 g/mol. The summed E-state index contributed by atoms with van der Waals surface area (Å²) in [5.74, 6) is -0.0940. The summed E-state index contributed by atoms with van der Waals surface area (Å²) in [5.41, 5.74) is 0. The third kappa shape index (κ3) is 3.00. The molecule has 2 aliphatic rings. The third-order valence-corrected chi connectivity index (χ3v) is 3.96. The molecule has 17 heavy (non-hydrogen) atoms. The van der Waals surface area contributed by atoms with Crippen LogP contribution < -0.4 is 5.32 Å². The van der Waals surface area contributed by atoms with E-state index in [4.69, 9.17) is 0 Å². The molecule has 1 saturated heterocycles. The zero-order valence-electron chi connectivity index (χ0n) is 9.94. The third-order valence-electron chi connectivity index (χ3n) is 3.06. The second-order valence-corrected chi connectivity index (χ2v) is 5.42. The van der Waals surface area contributed by atoms with E-state index < -0.39 is 11.8 Å². The van der Waals surface area contributed by atoms with Crippen LogP contribution in [0.15, 0.2) is 4.99 Å². The fraction of sp³-hybridized carbons (Fsp3) is 0.727. The summed E-state index contributed by atoms with van der Waals surface area (Å²) in [6.07, 6.45) is 3.10. The highest BCUT2D eigenvalue weighted by atomic mass is 32.2. The Labute approximate surface area is 105 Å². The Morgan fingerprint density at radius 3 is 2.94 bits per heavy atom. The fourth-order valence-corrected chi connectivity index (χ4v) is 2.81. The molecule has 1 N–H and O–H groups in total. The van der Waals surface area contributed by atoms with Gasteiger partial charge in [0.1, 0.15) is 0 Å². The molecule has 1 fully saturated rings.